The highest BCUT2D eigenvalue weighted by molar-refractivity contribution is 5.82. The number of benzene rings is 1. The third-order valence-corrected chi connectivity index (χ3v) is 3.20. The molecule has 21 heavy (non-hydrogen) atoms. The monoisotopic (exact) mass is 293 g/mol. The number of nitrogens with one attached hydrogen (secondary N) is 2. The molecule has 0 saturated heterocycles. The fourth-order valence-electron chi connectivity index (χ4n) is 1.85. The zero-order chi connectivity index (χ0) is 15.7. The van der Waals surface area contributed by atoms with E-state index in [4.69, 9.17) is 0 Å². The Morgan fingerprint density at radius 3 is 2.52 bits per heavy atom. The molecule has 0 spiro atoms. The number of aliphatic carboxylic acids is 1. The molecule has 1 aromatic carbocycles. The molecule has 6 nitrogen and oxygen atoms in total. The van der Waals surface area contributed by atoms with Crippen molar-refractivity contribution in [1.82, 2.24) is 15.5 Å². The third kappa shape index (κ3) is 6.27. The van der Waals surface area contributed by atoms with E-state index in [0.29, 0.717) is 25.9 Å². The summed E-state index contributed by atoms with van der Waals surface area (Å²) in [7, 11) is 3.44. The largest absolute Gasteiger partial charge is 0.480 e. The van der Waals surface area contributed by atoms with E-state index in [0.717, 1.165) is 5.56 Å². The Balaban J connectivity index is 2.50. The van der Waals surface area contributed by atoms with Crippen molar-refractivity contribution in [2.45, 2.75) is 18.9 Å². The maximum absolute atomic E-state index is 11.9. The van der Waals surface area contributed by atoms with Crippen molar-refractivity contribution in [2.75, 3.05) is 27.2 Å². The van der Waals surface area contributed by atoms with E-state index in [1.54, 1.807) is 14.1 Å². The van der Waals surface area contributed by atoms with Crippen molar-refractivity contribution in [1.29, 1.82) is 0 Å². The minimum absolute atomic E-state index is 0.366. The number of rotatable bonds is 8. The van der Waals surface area contributed by atoms with Crippen LogP contribution in [0.15, 0.2) is 30.3 Å². The SMILES string of the molecule is CNCCN(C)C(=O)NC(CCc1ccccc1)C(=O)O. The highest BCUT2D eigenvalue weighted by Gasteiger charge is 2.21. The molecule has 3 N–H and O–H groups in total. The van der Waals surface area contributed by atoms with Crippen molar-refractivity contribution in [3.05, 3.63) is 35.9 Å². The molecule has 0 aliphatic carbocycles. The van der Waals surface area contributed by atoms with E-state index in [1.165, 1.54) is 4.90 Å². The number of hydrogen-bond donors (Lipinski definition) is 3. The number of amides is 2. The normalized spacial score (nSPS) is 11.7. The molecule has 0 bridgehead atoms. The summed E-state index contributed by atoms with van der Waals surface area (Å²) in [5.41, 5.74) is 1.06. The highest BCUT2D eigenvalue weighted by Crippen LogP contribution is 2.05. The van der Waals surface area contributed by atoms with Crippen LogP contribution in [-0.2, 0) is 11.2 Å². The van der Waals surface area contributed by atoms with Crippen molar-refractivity contribution >= 4 is 12.0 Å². The molecule has 0 aliphatic rings. The van der Waals surface area contributed by atoms with Gasteiger partial charge in [0.2, 0.25) is 0 Å². The van der Waals surface area contributed by atoms with Gasteiger partial charge in [0.25, 0.3) is 0 Å². The smallest absolute Gasteiger partial charge is 0.326 e. The molecule has 0 radical (unpaired) electrons. The van der Waals surface area contributed by atoms with Gasteiger partial charge in [-0.15, -0.1) is 0 Å². The number of urea groups is 1. The molecule has 0 heterocycles. The summed E-state index contributed by atoms with van der Waals surface area (Å²) in [6.45, 7) is 1.18. The summed E-state index contributed by atoms with van der Waals surface area (Å²) in [5.74, 6) is -1.01. The third-order valence-electron chi connectivity index (χ3n) is 3.20. The number of likely N-dealkylation sites (N-methyl/N-ethyl adjacent to an activating group) is 2. The standard InChI is InChI=1S/C15H23N3O3/c1-16-10-11-18(2)15(21)17-13(14(19)20)9-8-12-6-4-3-5-7-12/h3-7,13,16H,8-11H2,1-2H3,(H,17,21)(H,19,20). The van der Waals surface area contributed by atoms with Gasteiger partial charge in [0.15, 0.2) is 0 Å². The van der Waals surface area contributed by atoms with E-state index >= 15 is 0 Å². The van der Waals surface area contributed by atoms with Crippen molar-refractivity contribution in [2.24, 2.45) is 0 Å². The van der Waals surface area contributed by atoms with Gasteiger partial charge in [0, 0.05) is 20.1 Å². The first-order valence-corrected chi connectivity index (χ1v) is 6.97. The van der Waals surface area contributed by atoms with Crippen LogP contribution in [0.1, 0.15) is 12.0 Å². The Kier molecular flexibility index (Phi) is 7.25. The summed E-state index contributed by atoms with van der Waals surface area (Å²) >= 11 is 0. The number of aryl methyl sites for hydroxylation is 1. The van der Waals surface area contributed by atoms with Gasteiger partial charge in [-0.3, -0.25) is 0 Å². The maximum atomic E-state index is 11.9. The van der Waals surface area contributed by atoms with Crippen LogP contribution in [0.25, 0.3) is 0 Å². The van der Waals surface area contributed by atoms with Gasteiger partial charge >= 0.3 is 12.0 Å². The van der Waals surface area contributed by atoms with Crippen molar-refractivity contribution < 1.29 is 14.7 Å². The predicted molar refractivity (Wildman–Crippen MR) is 81.3 cm³/mol. The summed E-state index contributed by atoms with van der Waals surface area (Å²) in [5, 5.41) is 14.7. The topological polar surface area (TPSA) is 81.7 Å². The summed E-state index contributed by atoms with van der Waals surface area (Å²) in [6, 6.07) is 8.38. The van der Waals surface area contributed by atoms with Crippen molar-refractivity contribution in [3.8, 4) is 0 Å². The first-order chi connectivity index (χ1) is 10.0. The minimum Gasteiger partial charge on any atom is -0.480 e. The van der Waals surface area contributed by atoms with Crippen LogP contribution in [0.2, 0.25) is 0 Å². The molecule has 1 atom stereocenters. The van der Waals surface area contributed by atoms with E-state index in [1.807, 2.05) is 30.3 Å². The van der Waals surface area contributed by atoms with Gasteiger partial charge in [-0.25, -0.2) is 9.59 Å². The van der Waals surface area contributed by atoms with Gasteiger partial charge in [-0.1, -0.05) is 30.3 Å². The molecule has 1 aromatic rings. The fraction of sp³-hybridized carbons (Fsp3) is 0.467. The molecule has 2 amide bonds. The molecule has 1 unspecified atom stereocenters. The Labute approximate surface area is 125 Å². The molecule has 0 aliphatic heterocycles. The van der Waals surface area contributed by atoms with E-state index < -0.39 is 12.0 Å². The summed E-state index contributed by atoms with van der Waals surface area (Å²) in [6.07, 6.45) is 0.975. The highest BCUT2D eigenvalue weighted by atomic mass is 16.4. The summed E-state index contributed by atoms with van der Waals surface area (Å²) < 4.78 is 0. The summed E-state index contributed by atoms with van der Waals surface area (Å²) in [4.78, 5) is 24.6. The maximum Gasteiger partial charge on any atom is 0.326 e. The van der Waals surface area contributed by atoms with Gasteiger partial charge in [-0.2, -0.15) is 0 Å². The van der Waals surface area contributed by atoms with Crippen LogP contribution in [0.4, 0.5) is 4.79 Å². The number of carboxylic acid groups (broad SMARTS) is 1. The molecule has 0 aromatic heterocycles. The number of nitrogens with zero attached hydrogens (tertiary/aromatic N) is 1. The van der Waals surface area contributed by atoms with Crippen molar-refractivity contribution in [3.63, 3.8) is 0 Å². The Morgan fingerprint density at radius 2 is 1.95 bits per heavy atom. The lowest BCUT2D eigenvalue weighted by atomic mass is 10.1. The second-order valence-electron chi connectivity index (χ2n) is 4.89. The van der Waals surface area contributed by atoms with Crippen LogP contribution < -0.4 is 10.6 Å². The van der Waals surface area contributed by atoms with Gasteiger partial charge in [-0.05, 0) is 25.5 Å². The zero-order valence-corrected chi connectivity index (χ0v) is 12.5. The number of carbonyl (C=O) groups excluding carboxylic acids is 1. The van der Waals surface area contributed by atoms with Gasteiger partial charge < -0.3 is 20.6 Å². The molecule has 116 valence electrons. The molecule has 6 heteroatoms. The van der Waals surface area contributed by atoms with E-state index in [2.05, 4.69) is 10.6 Å². The first-order valence-electron chi connectivity index (χ1n) is 6.97. The van der Waals surface area contributed by atoms with Crippen LogP contribution in [-0.4, -0.2) is 55.2 Å². The number of carbonyl (C=O) groups is 2. The molecular weight excluding hydrogens is 270 g/mol. The second kappa shape index (κ2) is 8.97. The Morgan fingerprint density at radius 1 is 1.29 bits per heavy atom. The molecular formula is C15H23N3O3. The average Bonchev–Trinajstić information content (AvgIpc) is 2.49. The van der Waals surface area contributed by atoms with Crippen LogP contribution in [0.5, 0.6) is 0 Å². The minimum atomic E-state index is -1.01. The molecule has 0 saturated carbocycles. The van der Waals surface area contributed by atoms with Crippen LogP contribution in [0.3, 0.4) is 0 Å². The lowest BCUT2D eigenvalue weighted by Gasteiger charge is -2.21. The quantitative estimate of drug-likeness (QED) is 0.666. The predicted octanol–water partition coefficient (Wildman–Crippen LogP) is 0.933. The first kappa shape index (κ1) is 17.0. The Bertz CT molecular complexity index is 451. The fourth-order valence-corrected chi connectivity index (χ4v) is 1.85. The lowest BCUT2D eigenvalue weighted by Crippen LogP contribution is -2.48. The zero-order valence-electron chi connectivity index (χ0n) is 12.5. The van der Waals surface area contributed by atoms with Crippen LogP contribution >= 0.6 is 0 Å². The second-order valence-corrected chi connectivity index (χ2v) is 4.89. The number of carboxylic acids is 1. The van der Waals surface area contributed by atoms with E-state index in [9.17, 15) is 14.7 Å². The van der Waals surface area contributed by atoms with E-state index in [-0.39, 0.29) is 6.03 Å². The Hall–Kier alpha value is -2.08. The lowest BCUT2D eigenvalue weighted by molar-refractivity contribution is -0.139. The molecule has 0 fully saturated rings. The van der Waals surface area contributed by atoms with Gasteiger partial charge in [0.05, 0.1) is 0 Å². The number of hydrogen-bond acceptors (Lipinski definition) is 3. The average molecular weight is 293 g/mol. The van der Waals surface area contributed by atoms with Gasteiger partial charge in [0.1, 0.15) is 6.04 Å². The van der Waals surface area contributed by atoms with Crippen LogP contribution in [0, 0.1) is 0 Å². The molecule has 1 rings (SSSR count).